The molecule has 46 heavy (non-hydrogen) atoms. The van der Waals surface area contributed by atoms with E-state index in [1.54, 1.807) is 4.90 Å². The van der Waals surface area contributed by atoms with Crippen molar-refractivity contribution in [1.29, 1.82) is 0 Å². The summed E-state index contributed by atoms with van der Waals surface area (Å²) in [5, 5.41) is 8.22. The molecule has 3 aliphatic rings. The maximum atomic E-state index is 13.8. The average molecular weight is 668 g/mol. The van der Waals surface area contributed by atoms with Gasteiger partial charge in [-0.05, 0) is 31.1 Å². The summed E-state index contributed by atoms with van der Waals surface area (Å²) < 4.78 is 4.95. The van der Waals surface area contributed by atoms with Crippen molar-refractivity contribution in [3.63, 3.8) is 0 Å². The van der Waals surface area contributed by atoms with E-state index < -0.39 is 54.0 Å². The lowest BCUT2D eigenvalue weighted by Crippen LogP contribution is -2.61. The molecule has 3 heterocycles. The number of cyclic esters (lactones) is 1. The molecule has 17 heteroatoms. The first-order chi connectivity index (χ1) is 21.7. The number of nitrogens with one attached hydrogen (secondary N) is 3. The molecule has 0 saturated carbocycles. The Hall–Kier alpha value is -3.60. The van der Waals surface area contributed by atoms with Gasteiger partial charge in [-0.15, -0.1) is 0 Å². The summed E-state index contributed by atoms with van der Waals surface area (Å²) in [6.45, 7) is 9.36. The van der Waals surface area contributed by atoms with Crippen LogP contribution in [0.2, 0.25) is 0 Å². The average Bonchev–Trinajstić information content (AvgIpc) is 3.54. The summed E-state index contributed by atoms with van der Waals surface area (Å²) in [6, 6.07) is -4.66. The van der Waals surface area contributed by atoms with Gasteiger partial charge in [-0.3, -0.25) is 29.1 Å². The number of carbonyl (C=O) groups is 6. The number of guanidine groups is 1. The summed E-state index contributed by atoms with van der Waals surface area (Å²) in [7, 11) is 0. The van der Waals surface area contributed by atoms with Crippen molar-refractivity contribution in [1.82, 2.24) is 30.7 Å². The number of nitrogens with two attached hydrogens (primary N) is 2. The number of esters is 1. The number of thiol groups is 1. The number of nitrogens with zero attached hydrogens (tertiary/aromatic N) is 4. The normalized spacial score (nSPS) is 22.4. The number of piperazine rings is 1. The van der Waals surface area contributed by atoms with Crippen molar-refractivity contribution in [3.8, 4) is 0 Å². The van der Waals surface area contributed by atoms with E-state index in [0.29, 0.717) is 32.4 Å². The Morgan fingerprint density at radius 2 is 1.72 bits per heavy atom. The summed E-state index contributed by atoms with van der Waals surface area (Å²) in [5.41, 5.74) is 10.8. The fourth-order valence-electron chi connectivity index (χ4n) is 5.80. The van der Waals surface area contributed by atoms with E-state index in [2.05, 4.69) is 33.6 Å². The van der Waals surface area contributed by atoms with Crippen LogP contribution in [0.5, 0.6) is 0 Å². The van der Waals surface area contributed by atoms with Gasteiger partial charge >= 0.3 is 12.0 Å². The summed E-state index contributed by atoms with van der Waals surface area (Å²) in [6.07, 6.45) is 1.48. The molecule has 3 rings (SSSR count). The molecule has 6 amide bonds. The lowest BCUT2D eigenvalue weighted by atomic mass is 9.99. The van der Waals surface area contributed by atoms with Crippen LogP contribution in [0.25, 0.3) is 0 Å². The van der Waals surface area contributed by atoms with Crippen LogP contribution in [0.15, 0.2) is 4.99 Å². The Morgan fingerprint density at radius 3 is 2.24 bits per heavy atom. The van der Waals surface area contributed by atoms with Gasteiger partial charge in [0.1, 0.15) is 24.2 Å². The lowest BCUT2D eigenvalue weighted by molar-refractivity contribution is -0.143. The number of hydrogen-bond acceptors (Lipinski definition) is 10. The van der Waals surface area contributed by atoms with E-state index >= 15 is 0 Å². The van der Waals surface area contributed by atoms with Gasteiger partial charge in [0, 0.05) is 44.9 Å². The van der Waals surface area contributed by atoms with Gasteiger partial charge in [0.25, 0.3) is 5.91 Å². The Kier molecular flexibility index (Phi) is 13.5. The predicted octanol–water partition coefficient (Wildman–Crippen LogP) is -1.61. The highest BCUT2D eigenvalue weighted by Gasteiger charge is 2.46. The monoisotopic (exact) mass is 667 g/mol. The number of aliphatic imine (C=N–C) groups is 1. The molecular formula is C29H49N9O7S. The zero-order valence-electron chi connectivity index (χ0n) is 27.1. The van der Waals surface area contributed by atoms with Crippen LogP contribution in [-0.2, 0) is 28.7 Å². The smallest absolute Gasteiger partial charge is 0.328 e. The van der Waals surface area contributed by atoms with Crippen LogP contribution in [0.3, 0.4) is 0 Å². The first kappa shape index (κ1) is 36.9. The molecular weight excluding hydrogens is 618 g/mol. The van der Waals surface area contributed by atoms with E-state index in [4.69, 9.17) is 16.2 Å². The molecule has 2 unspecified atom stereocenters. The first-order valence-corrected chi connectivity index (χ1v) is 16.5. The number of ether oxygens (including phenoxy) is 1. The van der Waals surface area contributed by atoms with Gasteiger partial charge in [0.2, 0.25) is 17.7 Å². The van der Waals surface area contributed by atoms with Crippen LogP contribution in [0.4, 0.5) is 4.79 Å². The van der Waals surface area contributed by atoms with Crippen molar-refractivity contribution < 1.29 is 33.5 Å². The molecule has 0 aromatic carbocycles. The van der Waals surface area contributed by atoms with E-state index in [1.807, 2.05) is 32.6 Å². The Balaban J connectivity index is 1.68. The summed E-state index contributed by atoms with van der Waals surface area (Å²) in [4.78, 5) is 86.5. The zero-order chi connectivity index (χ0) is 34.1. The fourth-order valence-corrected chi connectivity index (χ4v) is 6.12. The maximum Gasteiger partial charge on any atom is 0.328 e. The SMILES string of the molecule is CC(C)CC(C(=O)N[C@H](CCCN=C(N)N)C(=O)NC1CCOC1=O)N1CCN(C(=O)[C@@H](CS)N2C(=O)N[C@H](C(C)C)C2=O)CC1. The lowest BCUT2D eigenvalue weighted by Gasteiger charge is -2.41. The Labute approximate surface area is 275 Å². The molecule has 0 aliphatic carbocycles. The molecule has 7 N–H and O–H groups in total. The minimum absolute atomic E-state index is 0.0212. The molecule has 16 nitrogen and oxygen atoms in total. The summed E-state index contributed by atoms with van der Waals surface area (Å²) >= 11 is 4.29. The van der Waals surface area contributed by atoms with Gasteiger partial charge in [-0.1, -0.05) is 27.7 Å². The topological polar surface area (TPSA) is 222 Å². The van der Waals surface area contributed by atoms with Gasteiger partial charge in [0.15, 0.2) is 5.96 Å². The van der Waals surface area contributed by atoms with Crippen LogP contribution >= 0.6 is 12.6 Å². The second kappa shape index (κ2) is 16.8. The van der Waals surface area contributed by atoms with Crippen LogP contribution in [-0.4, -0.2) is 132 Å². The molecule has 0 aromatic heterocycles. The van der Waals surface area contributed by atoms with Crippen molar-refractivity contribution in [2.75, 3.05) is 45.1 Å². The third-order valence-corrected chi connectivity index (χ3v) is 8.68. The molecule has 0 aromatic rings. The molecule has 3 saturated heterocycles. The third-order valence-electron chi connectivity index (χ3n) is 8.33. The second-order valence-electron chi connectivity index (χ2n) is 12.6. The highest BCUT2D eigenvalue weighted by atomic mass is 32.1. The second-order valence-corrected chi connectivity index (χ2v) is 13.0. The molecule has 5 atom stereocenters. The third kappa shape index (κ3) is 9.47. The largest absolute Gasteiger partial charge is 0.464 e. The van der Waals surface area contributed by atoms with Crippen molar-refractivity contribution in [2.45, 2.75) is 83.6 Å². The highest BCUT2D eigenvalue weighted by molar-refractivity contribution is 7.80. The van der Waals surface area contributed by atoms with E-state index in [0.717, 1.165) is 4.90 Å². The molecule has 0 radical (unpaired) electrons. The van der Waals surface area contributed by atoms with Crippen molar-refractivity contribution >= 4 is 54.2 Å². The van der Waals surface area contributed by atoms with Gasteiger partial charge < -0.3 is 37.1 Å². The maximum absolute atomic E-state index is 13.8. The van der Waals surface area contributed by atoms with Crippen molar-refractivity contribution in [3.05, 3.63) is 0 Å². The van der Waals surface area contributed by atoms with Crippen LogP contribution in [0, 0.1) is 11.8 Å². The van der Waals surface area contributed by atoms with Crippen LogP contribution in [0.1, 0.15) is 53.4 Å². The van der Waals surface area contributed by atoms with E-state index in [9.17, 15) is 28.8 Å². The molecule has 0 bridgehead atoms. The highest BCUT2D eigenvalue weighted by Crippen LogP contribution is 2.21. The van der Waals surface area contributed by atoms with E-state index in [1.165, 1.54) is 0 Å². The van der Waals surface area contributed by atoms with Gasteiger partial charge in [-0.2, -0.15) is 12.6 Å². The number of imide groups is 1. The standard InChI is InChI=1S/C29H49N9O7S/c1-16(2)14-20(24(40)33-18(6-5-8-32-28(30)31)23(39)34-19-7-13-45-27(19)43)36-9-11-37(12-10-36)25(41)21(15-46)38-26(42)22(17(3)4)35-29(38)44/h16-22,46H,5-15H2,1-4H3,(H,33,40)(H,34,39)(H,35,44)(H4,30,31,32)/t18-,19?,20?,21-,22-/m1/s1. The molecule has 0 spiro atoms. The van der Waals surface area contributed by atoms with Gasteiger partial charge in [-0.25, -0.2) is 14.5 Å². The number of rotatable bonds is 15. The minimum atomic E-state index is -1.05. The number of carbonyl (C=O) groups excluding carboxylic acids is 6. The Bertz CT molecular complexity index is 1170. The first-order valence-electron chi connectivity index (χ1n) is 15.8. The molecule has 258 valence electrons. The predicted molar refractivity (Wildman–Crippen MR) is 172 cm³/mol. The molecule has 3 fully saturated rings. The Morgan fingerprint density at radius 1 is 1.04 bits per heavy atom. The zero-order valence-corrected chi connectivity index (χ0v) is 28.0. The number of hydrogen-bond donors (Lipinski definition) is 6. The molecule has 3 aliphatic heterocycles. The number of amides is 6. The minimum Gasteiger partial charge on any atom is -0.464 e. The van der Waals surface area contributed by atoms with E-state index in [-0.39, 0.29) is 68.0 Å². The van der Waals surface area contributed by atoms with Crippen molar-refractivity contribution in [2.24, 2.45) is 28.3 Å². The fraction of sp³-hybridized carbons (Fsp3) is 0.759. The quantitative estimate of drug-likeness (QED) is 0.0293. The van der Waals surface area contributed by atoms with Crippen LogP contribution < -0.4 is 27.4 Å². The number of urea groups is 1. The summed E-state index contributed by atoms with van der Waals surface area (Å²) in [5.74, 6) is -2.28. The van der Waals surface area contributed by atoms with Gasteiger partial charge in [0.05, 0.1) is 12.6 Å².